The van der Waals surface area contributed by atoms with Gasteiger partial charge in [-0.15, -0.1) is 0 Å². The minimum atomic E-state index is 0. The Labute approximate surface area is 266 Å². The predicted molar refractivity (Wildman–Crippen MR) is 193 cm³/mol. The Hall–Kier alpha value is -1.99. The van der Waals surface area contributed by atoms with Gasteiger partial charge in [-0.25, -0.2) is 0 Å². The summed E-state index contributed by atoms with van der Waals surface area (Å²) < 4.78 is 0. The van der Waals surface area contributed by atoms with Crippen LogP contribution in [-0.4, -0.2) is 0 Å². The van der Waals surface area contributed by atoms with E-state index in [-0.39, 0.29) is 18.9 Å². The van der Waals surface area contributed by atoms with Crippen molar-refractivity contribution in [2.75, 3.05) is 0 Å². The second-order valence-corrected chi connectivity index (χ2v) is 15.4. The molecular weight excluding hydrogens is 525 g/mol. The smallest absolute Gasteiger partial charge is 0.0269 e. The van der Waals surface area contributed by atoms with E-state index in [1.54, 1.807) is 33.4 Å². The summed E-state index contributed by atoms with van der Waals surface area (Å²) >= 11 is 0. The summed E-state index contributed by atoms with van der Waals surface area (Å²) in [4.78, 5) is 0. The van der Waals surface area contributed by atoms with Gasteiger partial charge in [0, 0.05) is 11.8 Å². The van der Waals surface area contributed by atoms with E-state index in [2.05, 4.69) is 129 Å². The van der Waals surface area contributed by atoms with Gasteiger partial charge in [0.25, 0.3) is 0 Å². The third-order valence-corrected chi connectivity index (χ3v) is 11.2. The van der Waals surface area contributed by atoms with Gasteiger partial charge in [-0.1, -0.05) is 90.3 Å². The average Bonchev–Trinajstić information content (AvgIpc) is 3.29. The van der Waals surface area contributed by atoms with Crippen molar-refractivity contribution in [3.05, 3.63) is 95.6 Å². The average molecular weight is 585 g/mol. The van der Waals surface area contributed by atoms with Crippen LogP contribution in [0.1, 0.15) is 162 Å². The Morgan fingerprint density at radius 2 is 1.26 bits per heavy atom. The highest BCUT2D eigenvalue weighted by Crippen LogP contribution is 2.51. The monoisotopic (exact) mass is 584 g/mol. The molecule has 230 valence electrons. The van der Waals surface area contributed by atoms with Crippen LogP contribution in [-0.2, 0) is 6.42 Å². The van der Waals surface area contributed by atoms with Crippen LogP contribution in [0.15, 0.2) is 40.0 Å². The van der Waals surface area contributed by atoms with E-state index in [0.717, 1.165) is 6.42 Å². The Balaban J connectivity index is 0.00000484. The Morgan fingerprint density at radius 3 is 1.76 bits per heavy atom. The quantitative estimate of drug-likeness (QED) is 0.317. The summed E-state index contributed by atoms with van der Waals surface area (Å²) in [5.74, 6) is 2.33. The molecule has 0 fully saturated rings. The molecule has 0 amide bonds. The van der Waals surface area contributed by atoms with E-state index >= 15 is 0 Å². The minimum Gasteiger partial charge on any atom is -0.197 e. The van der Waals surface area contributed by atoms with Gasteiger partial charge in [0.05, 0.1) is 0 Å². The molecule has 0 nitrogen and oxygen atoms in total. The summed E-state index contributed by atoms with van der Waals surface area (Å²) in [7, 11) is 0. The fourth-order valence-electron chi connectivity index (χ4n) is 8.37. The van der Waals surface area contributed by atoms with Crippen molar-refractivity contribution >= 4 is 19.6 Å². The lowest BCUT2D eigenvalue weighted by Gasteiger charge is -2.32. The number of rotatable bonds is 6. The molecule has 0 bridgehead atoms. The van der Waals surface area contributed by atoms with Crippen molar-refractivity contribution < 1.29 is 0 Å². The molecule has 1 heteroatoms. The highest BCUT2D eigenvalue weighted by atomic mass is 32.1. The molecule has 0 N–H and O–H groups in total. The van der Waals surface area contributed by atoms with Crippen LogP contribution in [0.5, 0.6) is 0 Å². The zero-order valence-electron chi connectivity index (χ0n) is 29.8. The lowest BCUT2D eigenvalue weighted by Crippen LogP contribution is -2.19. The van der Waals surface area contributed by atoms with E-state index in [1.165, 1.54) is 50.1 Å². The number of benzene rings is 2. The molecule has 0 saturated carbocycles. The normalized spacial score (nSPS) is 19.0. The third kappa shape index (κ3) is 5.77. The zero-order valence-corrected chi connectivity index (χ0v) is 30.8. The van der Waals surface area contributed by atoms with Crippen LogP contribution < -0.4 is 0 Å². The first-order chi connectivity index (χ1) is 18.9. The van der Waals surface area contributed by atoms with Crippen LogP contribution in [0.4, 0.5) is 0 Å². The van der Waals surface area contributed by atoms with Crippen molar-refractivity contribution in [2.45, 2.75) is 141 Å². The number of hydrogen-bond acceptors (Lipinski definition) is 0. The summed E-state index contributed by atoms with van der Waals surface area (Å²) in [5, 5.41) is 0. The maximum absolute atomic E-state index is 2.56. The fraction of sp³-hybridized carbons (Fsp3) is 0.561. The molecule has 3 atom stereocenters. The van der Waals surface area contributed by atoms with Crippen molar-refractivity contribution in [1.29, 1.82) is 0 Å². The van der Waals surface area contributed by atoms with Crippen molar-refractivity contribution in [1.82, 2.24) is 0 Å². The maximum Gasteiger partial charge on any atom is 0.0269 e. The van der Waals surface area contributed by atoms with Gasteiger partial charge in [0.2, 0.25) is 0 Å². The second-order valence-electron chi connectivity index (χ2n) is 15.4. The molecule has 0 aromatic heterocycles. The Bertz CT molecular complexity index is 1460. The standard InChI is InChI=1S/C41H58.H2S/c1-21(2)37-35(18-22(3)24(5)36(37)20-41(14,15)16)28(9)27(8)34-19-33-17-23(4)38(32(13)39(33)31(34)12)40-29(10)25(6)26(7)30(40)11;/h17-19,21,27-28,31,40H,20H2,1-16H3;1H2. The van der Waals surface area contributed by atoms with Crippen LogP contribution in [0, 0.1) is 39.0 Å². The lowest BCUT2D eigenvalue weighted by molar-refractivity contribution is 0.407. The highest BCUT2D eigenvalue weighted by Gasteiger charge is 2.35. The van der Waals surface area contributed by atoms with Crippen LogP contribution in [0.2, 0.25) is 0 Å². The van der Waals surface area contributed by atoms with Crippen LogP contribution >= 0.6 is 13.5 Å². The molecule has 2 aliphatic carbocycles. The SMILES string of the molecule is CC1=C(C)C(c2c(C)cc3c(c2C)C(C)C(C(C)C(C)c2cc(C)c(C)c(CC(C)(C)C)c2C(C)C)=C3)C(C)=C1C.S. The first-order valence-electron chi connectivity index (χ1n) is 16.2. The number of aryl methyl sites for hydroxylation is 2. The zero-order chi connectivity index (χ0) is 30.9. The van der Waals surface area contributed by atoms with Gasteiger partial charge in [0.1, 0.15) is 0 Å². The van der Waals surface area contributed by atoms with E-state index in [4.69, 9.17) is 0 Å². The van der Waals surface area contributed by atoms with Crippen LogP contribution in [0.25, 0.3) is 6.08 Å². The Kier molecular flexibility index (Phi) is 10.0. The van der Waals surface area contributed by atoms with Gasteiger partial charge in [-0.05, 0) is 152 Å². The largest absolute Gasteiger partial charge is 0.197 e. The molecule has 2 aliphatic rings. The van der Waals surface area contributed by atoms with Crippen molar-refractivity contribution in [3.63, 3.8) is 0 Å². The second kappa shape index (κ2) is 12.2. The maximum atomic E-state index is 2.56. The third-order valence-electron chi connectivity index (χ3n) is 11.2. The van der Waals surface area contributed by atoms with E-state index in [0.29, 0.717) is 29.6 Å². The highest BCUT2D eigenvalue weighted by molar-refractivity contribution is 7.59. The predicted octanol–water partition coefficient (Wildman–Crippen LogP) is 12.5. The fourth-order valence-corrected chi connectivity index (χ4v) is 8.37. The first-order valence-corrected chi connectivity index (χ1v) is 16.2. The Morgan fingerprint density at radius 1 is 0.714 bits per heavy atom. The summed E-state index contributed by atoms with van der Waals surface area (Å²) in [6, 6.07) is 5.03. The molecule has 42 heavy (non-hydrogen) atoms. The van der Waals surface area contributed by atoms with E-state index < -0.39 is 0 Å². The summed E-state index contributed by atoms with van der Waals surface area (Å²) in [6.07, 6.45) is 3.70. The number of fused-ring (bicyclic) bond motifs is 1. The molecule has 0 heterocycles. The molecule has 4 rings (SSSR count). The van der Waals surface area contributed by atoms with Gasteiger partial charge in [-0.3, -0.25) is 0 Å². The number of hydrogen-bond donors (Lipinski definition) is 0. The minimum absolute atomic E-state index is 0. The van der Waals surface area contributed by atoms with E-state index in [9.17, 15) is 0 Å². The van der Waals surface area contributed by atoms with Crippen LogP contribution in [0.3, 0.4) is 0 Å². The van der Waals surface area contributed by atoms with Gasteiger partial charge in [0.15, 0.2) is 0 Å². The molecule has 0 saturated heterocycles. The lowest BCUT2D eigenvalue weighted by atomic mass is 9.72. The van der Waals surface area contributed by atoms with Gasteiger partial charge < -0.3 is 0 Å². The van der Waals surface area contributed by atoms with E-state index in [1.807, 2.05) is 0 Å². The van der Waals surface area contributed by atoms with Gasteiger partial charge in [-0.2, -0.15) is 13.5 Å². The first kappa shape index (κ1) is 34.5. The van der Waals surface area contributed by atoms with Crippen molar-refractivity contribution in [2.24, 2.45) is 11.3 Å². The molecule has 2 aromatic carbocycles. The molecular formula is C41H60S. The summed E-state index contributed by atoms with van der Waals surface area (Å²) in [5.41, 5.74) is 23.2. The van der Waals surface area contributed by atoms with Crippen molar-refractivity contribution in [3.8, 4) is 0 Å². The topological polar surface area (TPSA) is 0 Å². The number of allylic oxidation sites excluding steroid dienone is 5. The van der Waals surface area contributed by atoms with Gasteiger partial charge >= 0.3 is 0 Å². The molecule has 2 aromatic rings. The molecule has 0 spiro atoms. The molecule has 0 aliphatic heterocycles. The molecule has 3 unspecified atom stereocenters. The molecule has 0 radical (unpaired) electrons. The summed E-state index contributed by atoms with van der Waals surface area (Å²) in [6.45, 7) is 38.2.